The van der Waals surface area contributed by atoms with Gasteiger partial charge in [0.15, 0.2) is 0 Å². The Morgan fingerprint density at radius 3 is 2.64 bits per heavy atom. The van der Waals surface area contributed by atoms with E-state index in [0.29, 0.717) is 29.0 Å². The van der Waals surface area contributed by atoms with Crippen LogP contribution in [-0.2, 0) is 14.8 Å². The molecule has 1 saturated carbocycles. The molecule has 0 aromatic heterocycles. The van der Waals surface area contributed by atoms with E-state index in [1.165, 1.54) is 38.9 Å². The second-order valence-corrected chi connectivity index (χ2v) is 10.6. The van der Waals surface area contributed by atoms with Gasteiger partial charge in [-0.3, -0.25) is 9.10 Å². The molecule has 28 heavy (non-hydrogen) atoms. The molecule has 1 aromatic carbocycles. The molecule has 1 aliphatic rings. The number of halogens is 1. The summed E-state index contributed by atoms with van der Waals surface area (Å²) in [5.74, 6) is 0.853. The number of sulfonamides is 1. The van der Waals surface area contributed by atoms with Crippen LogP contribution < -0.4 is 14.4 Å². The monoisotopic (exact) mass is 448 g/mol. The minimum absolute atomic E-state index is 0.264. The van der Waals surface area contributed by atoms with Gasteiger partial charge in [0.25, 0.3) is 0 Å². The first kappa shape index (κ1) is 23.2. The maximum atomic E-state index is 12.8. The lowest BCUT2D eigenvalue weighted by Gasteiger charge is -2.31. The summed E-state index contributed by atoms with van der Waals surface area (Å²) in [6.45, 7) is 2.30. The Kier molecular flexibility index (Phi) is 8.77. The number of benzene rings is 1. The van der Waals surface area contributed by atoms with Crippen LogP contribution in [0.4, 0.5) is 5.69 Å². The normalized spacial score (nSPS) is 16.0. The van der Waals surface area contributed by atoms with Crippen LogP contribution in [0.15, 0.2) is 18.2 Å². The Balaban J connectivity index is 2.14. The van der Waals surface area contributed by atoms with Gasteiger partial charge in [-0.2, -0.15) is 11.8 Å². The third kappa shape index (κ3) is 6.19. The quantitative estimate of drug-likeness (QED) is 0.552. The maximum absolute atomic E-state index is 12.8. The molecule has 0 radical (unpaired) electrons. The van der Waals surface area contributed by atoms with Crippen LogP contribution in [-0.4, -0.2) is 51.3 Å². The average molecular weight is 449 g/mol. The number of anilines is 1. The Bertz CT molecular complexity index is 767. The predicted octanol–water partition coefficient (Wildman–Crippen LogP) is 3.69. The first-order valence-corrected chi connectivity index (χ1v) is 12.8. The Morgan fingerprint density at radius 2 is 2.07 bits per heavy atom. The summed E-state index contributed by atoms with van der Waals surface area (Å²) < 4.78 is 31.5. The van der Waals surface area contributed by atoms with Crippen LogP contribution in [0.1, 0.15) is 39.0 Å². The molecular weight excluding hydrogens is 420 g/mol. The summed E-state index contributed by atoms with van der Waals surface area (Å²) in [6, 6.07) is 3.84. The Labute approximate surface area is 177 Å². The lowest BCUT2D eigenvalue weighted by atomic mass is 10.2. The van der Waals surface area contributed by atoms with E-state index >= 15 is 0 Å². The minimum atomic E-state index is -3.74. The number of amides is 1. The van der Waals surface area contributed by atoms with Gasteiger partial charge in [0.05, 0.1) is 19.1 Å². The molecule has 1 atom stereocenters. The first-order chi connectivity index (χ1) is 13.3. The van der Waals surface area contributed by atoms with Crippen LogP contribution in [0.3, 0.4) is 0 Å². The summed E-state index contributed by atoms with van der Waals surface area (Å²) in [7, 11) is -2.29. The summed E-state index contributed by atoms with van der Waals surface area (Å²) in [4.78, 5) is 12.8. The van der Waals surface area contributed by atoms with Crippen molar-refractivity contribution in [1.82, 2.24) is 5.32 Å². The maximum Gasteiger partial charge on any atom is 0.243 e. The predicted molar refractivity (Wildman–Crippen MR) is 117 cm³/mol. The van der Waals surface area contributed by atoms with Crippen molar-refractivity contribution in [3.8, 4) is 5.75 Å². The number of rotatable bonds is 10. The number of hydrogen-bond acceptors (Lipinski definition) is 5. The van der Waals surface area contributed by atoms with Gasteiger partial charge in [-0.25, -0.2) is 8.42 Å². The zero-order valence-electron chi connectivity index (χ0n) is 16.6. The number of carbonyl (C=O) groups is 1. The zero-order chi connectivity index (χ0) is 20.7. The average Bonchev–Trinajstić information content (AvgIpc) is 3.15. The van der Waals surface area contributed by atoms with E-state index in [-0.39, 0.29) is 11.6 Å². The molecule has 1 amide bonds. The third-order valence-corrected chi connectivity index (χ3v) is 7.55. The van der Waals surface area contributed by atoms with Gasteiger partial charge in [0.2, 0.25) is 15.9 Å². The molecule has 0 aliphatic heterocycles. The highest BCUT2D eigenvalue weighted by Crippen LogP contribution is 2.35. The second kappa shape index (κ2) is 10.6. The molecule has 158 valence electrons. The van der Waals surface area contributed by atoms with E-state index in [1.54, 1.807) is 19.1 Å². The van der Waals surface area contributed by atoms with Crippen LogP contribution >= 0.6 is 23.4 Å². The largest absolute Gasteiger partial charge is 0.495 e. The molecule has 6 nitrogen and oxygen atoms in total. The number of methoxy groups -OCH3 is 1. The number of ether oxygens (including phenoxy) is 1. The molecule has 1 aromatic rings. The van der Waals surface area contributed by atoms with Crippen LogP contribution in [0.2, 0.25) is 5.02 Å². The lowest BCUT2D eigenvalue weighted by molar-refractivity contribution is -0.122. The SMILES string of the molecule is CC[C@H](C(=O)NCCSC1CCCC1)N(c1cc(Cl)ccc1OC)S(C)(=O)=O. The fraction of sp³-hybridized carbons (Fsp3) is 0.632. The fourth-order valence-corrected chi connectivity index (χ4v) is 6.04. The van der Waals surface area contributed by atoms with Crippen molar-refractivity contribution in [2.75, 3.05) is 30.0 Å². The summed E-state index contributed by atoms with van der Waals surface area (Å²) >= 11 is 7.96. The molecule has 0 bridgehead atoms. The van der Waals surface area contributed by atoms with Crippen molar-refractivity contribution < 1.29 is 17.9 Å². The lowest BCUT2D eigenvalue weighted by Crippen LogP contribution is -2.49. The molecule has 0 saturated heterocycles. The minimum Gasteiger partial charge on any atom is -0.495 e. The zero-order valence-corrected chi connectivity index (χ0v) is 19.0. The Morgan fingerprint density at radius 1 is 1.39 bits per heavy atom. The molecule has 1 fully saturated rings. The summed E-state index contributed by atoms with van der Waals surface area (Å²) in [5.41, 5.74) is 0.264. The number of nitrogens with zero attached hydrogens (tertiary/aromatic N) is 1. The van der Waals surface area contributed by atoms with Gasteiger partial charge >= 0.3 is 0 Å². The molecule has 1 aliphatic carbocycles. The highest BCUT2D eigenvalue weighted by molar-refractivity contribution is 7.99. The Hall–Kier alpha value is -1.12. The highest BCUT2D eigenvalue weighted by atomic mass is 35.5. The third-order valence-electron chi connectivity index (χ3n) is 4.77. The smallest absolute Gasteiger partial charge is 0.243 e. The van der Waals surface area contributed by atoms with Gasteiger partial charge < -0.3 is 10.1 Å². The van der Waals surface area contributed by atoms with Crippen molar-refractivity contribution in [1.29, 1.82) is 0 Å². The van der Waals surface area contributed by atoms with Gasteiger partial charge in [-0.1, -0.05) is 31.4 Å². The molecule has 2 rings (SSSR count). The molecule has 9 heteroatoms. The van der Waals surface area contributed by atoms with Crippen LogP contribution in [0, 0.1) is 0 Å². The van der Waals surface area contributed by atoms with Crippen molar-refractivity contribution in [2.24, 2.45) is 0 Å². The van der Waals surface area contributed by atoms with Gasteiger partial charge in [-0.05, 0) is 37.5 Å². The van der Waals surface area contributed by atoms with Crippen molar-refractivity contribution in [3.05, 3.63) is 23.2 Å². The van der Waals surface area contributed by atoms with E-state index in [2.05, 4.69) is 5.32 Å². The van der Waals surface area contributed by atoms with Gasteiger partial charge in [0.1, 0.15) is 11.8 Å². The van der Waals surface area contributed by atoms with Crippen molar-refractivity contribution >= 4 is 45.0 Å². The molecular formula is C19H29ClN2O4S2. The fourth-order valence-electron chi connectivity index (χ4n) is 3.44. The molecule has 1 N–H and O–H groups in total. The van der Waals surface area contributed by atoms with Crippen LogP contribution in [0.5, 0.6) is 5.75 Å². The number of hydrogen-bond donors (Lipinski definition) is 1. The van der Waals surface area contributed by atoms with Crippen molar-refractivity contribution in [2.45, 2.75) is 50.3 Å². The summed E-state index contributed by atoms with van der Waals surface area (Å²) in [6.07, 6.45) is 6.46. The molecule has 0 heterocycles. The van der Waals surface area contributed by atoms with E-state index in [9.17, 15) is 13.2 Å². The van der Waals surface area contributed by atoms with E-state index in [0.717, 1.165) is 16.3 Å². The standard InChI is InChI=1S/C19H29ClN2O4S2/c1-4-16(19(23)21-11-12-27-15-7-5-6-8-15)22(28(3,24)25)17-13-14(20)9-10-18(17)26-2/h9-10,13,15-16H,4-8,11-12H2,1-3H3,(H,21,23)/t16-/m1/s1. The second-order valence-electron chi connectivity index (χ2n) is 6.87. The summed E-state index contributed by atoms with van der Waals surface area (Å²) in [5, 5.41) is 3.94. The topological polar surface area (TPSA) is 75.7 Å². The molecule has 0 unspecified atom stereocenters. The first-order valence-electron chi connectivity index (χ1n) is 9.50. The number of carbonyl (C=O) groups excluding carboxylic acids is 1. The highest BCUT2D eigenvalue weighted by Gasteiger charge is 2.33. The van der Waals surface area contributed by atoms with Crippen LogP contribution in [0.25, 0.3) is 0 Å². The van der Waals surface area contributed by atoms with E-state index in [1.807, 2.05) is 11.8 Å². The molecule has 0 spiro atoms. The van der Waals surface area contributed by atoms with Gasteiger partial charge in [0, 0.05) is 22.6 Å². The van der Waals surface area contributed by atoms with Crippen molar-refractivity contribution in [3.63, 3.8) is 0 Å². The number of thioether (sulfide) groups is 1. The van der Waals surface area contributed by atoms with Gasteiger partial charge in [-0.15, -0.1) is 0 Å². The number of nitrogens with one attached hydrogen (secondary N) is 1. The van der Waals surface area contributed by atoms with E-state index < -0.39 is 16.1 Å². The van der Waals surface area contributed by atoms with E-state index in [4.69, 9.17) is 16.3 Å².